The lowest BCUT2D eigenvalue weighted by atomic mass is 9.82. The topological polar surface area (TPSA) is 87.7 Å². The maximum Gasteiger partial charge on any atom is 0.329 e. The van der Waals surface area contributed by atoms with E-state index in [4.69, 9.17) is 4.74 Å². The Labute approximate surface area is 113 Å². The van der Waals surface area contributed by atoms with Crippen molar-refractivity contribution in [2.45, 2.75) is 57.0 Å². The maximum absolute atomic E-state index is 11.9. The molecule has 0 aromatic rings. The van der Waals surface area contributed by atoms with E-state index in [1.165, 1.54) is 0 Å². The second-order valence-corrected chi connectivity index (χ2v) is 5.23. The van der Waals surface area contributed by atoms with Crippen LogP contribution in [0, 0.1) is 0 Å². The van der Waals surface area contributed by atoms with Gasteiger partial charge in [-0.15, -0.1) is 0 Å². The molecule has 1 unspecified atom stereocenters. The van der Waals surface area contributed by atoms with Crippen LogP contribution in [0.4, 0.5) is 4.79 Å². The number of carboxylic acids is 1. The highest BCUT2D eigenvalue weighted by Gasteiger charge is 2.41. The van der Waals surface area contributed by atoms with Crippen molar-refractivity contribution in [2.75, 3.05) is 13.7 Å². The SMILES string of the molecule is COCCC(C)NC(=O)NC1(C(=O)O)CCCCC1. The molecule has 1 saturated carbocycles. The second-order valence-electron chi connectivity index (χ2n) is 5.23. The van der Waals surface area contributed by atoms with Crippen molar-refractivity contribution in [1.29, 1.82) is 0 Å². The van der Waals surface area contributed by atoms with E-state index in [0.29, 0.717) is 25.9 Å². The fourth-order valence-corrected chi connectivity index (χ4v) is 2.39. The van der Waals surface area contributed by atoms with Gasteiger partial charge < -0.3 is 20.5 Å². The molecule has 6 heteroatoms. The zero-order valence-electron chi connectivity index (χ0n) is 11.7. The molecular weight excluding hydrogens is 248 g/mol. The van der Waals surface area contributed by atoms with Crippen molar-refractivity contribution in [3.8, 4) is 0 Å². The molecule has 0 aliphatic heterocycles. The fraction of sp³-hybridized carbons (Fsp3) is 0.846. The standard InChI is InChI=1S/C13H24N2O4/c1-10(6-9-19-2)14-12(18)15-13(11(16)17)7-4-3-5-8-13/h10H,3-9H2,1-2H3,(H,16,17)(H2,14,15,18). The minimum Gasteiger partial charge on any atom is -0.480 e. The normalized spacial score (nSPS) is 19.5. The number of hydrogen-bond acceptors (Lipinski definition) is 3. The van der Waals surface area contributed by atoms with Gasteiger partial charge in [-0.3, -0.25) is 0 Å². The molecule has 0 aromatic carbocycles. The highest BCUT2D eigenvalue weighted by molar-refractivity contribution is 5.86. The Balaban J connectivity index is 2.50. The molecule has 1 fully saturated rings. The van der Waals surface area contributed by atoms with E-state index in [0.717, 1.165) is 19.3 Å². The molecule has 0 heterocycles. The summed E-state index contributed by atoms with van der Waals surface area (Å²) in [6.45, 7) is 2.43. The fourth-order valence-electron chi connectivity index (χ4n) is 2.39. The number of nitrogens with one attached hydrogen (secondary N) is 2. The van der Waals surface area contributed by atoms with E-state index in [2.05, 4.69) is 10.6 Å². The third-order valence-electron chi connectivity index (χ3n) is 3.60. The molecule has 2 amide bonds. The van der Waals surface area contributed by atoms with Gasteiger partial charge >= 0.3 is 12.0 Å². The number of carboxylic acid groups (broad SMARTS) is 1. The van der Waals surface area contributed by atoms with Gasteiger partial charge in [-0.2, -0.15) is 0 Å². The van der Waals surface area contributed by atoms with Crippen molar-refractivity contribution in [3.63, 3.8) is 0 Å². The van der Waals surface area contributed by atoms with Crippen LogP contribution in [0.1, 0.15) is 45.4 Å². The molecule has 0 spiro atoms. The number of urea groups is 1. The van der Waals surface area contributed by atoms with Gasteiger partial charge in [-0.05, 0) is 26.2 Å². The summed E-state index contributed by atoms with van der Waals surface area (Å²) < 4.78 is 4.94. The van der Waals surface area contributed by atoms with Crippen LogP contribution in [0.25, 0.3) is 0 Å². The summed E-state index contributed by atoms with van der Waals surface area (Å²) in [5, 5.41) is 14.7. The Hall–Kier alpha value is -1.30. The molecule has 0 radical (unpaired) electrons. The molecule has 110 valence electrons. The summed E-state index contributed by atoms with van der Waals surface area (Å²) >= 11 is 0. The third-order valence-corrected chi connectivity index (χ3v) is 3.60. The Morgan fingerprint density at radius 1 is 1.32 bits per heavy atom. The number of aliphatic carboxylic acids is 1. The van der Waals surface area contributed by atoms with Gasteiger partial charge in [-0.25, -0.2) is 9.59 Å². The monoisotopic (exact) mass is 272 g/mol. The van der Waals surface area contributed by atoms with E-state index in [9.17, 15) is 14.7 Å². The van der Waals surface area contributed by atoms with E-state index in [1.54, 1.807) is 7.11 Å². The van der Waals surface area contributed by atoms with Gasteiger partial charge in [0.05, 0.1) is 0 Å². The Morgan fingerprint density at radius 2 is 1.95 bits per heavy atom. The van der Waals surface area contributed by atoms with Crippen molar-refractivity contribution < 1.29 is 19.4 Å². The van der Waals surface area contributed by atoms with Crippen LogP contribution < -0.4 is 10.6 Å². The van der Waals surface area contributed by atoms with Crippen molar-refractivity contribution >= 4 is 12.0 Å². The predicted molar refractivity (Wildman–Crippen MR) is 71.1 cm³/mol. The van der Waals surface area contributed by atoms with Crippen LogP contribution in [0.2, 0.25) is 0 Å². The predicted octanol–water partition coefficient (Wildman–Crippen LogP) is 1.50. The summed E-state index contributed by atoms with van der Waals surface area (Å²) in [5.41, 5.74) is -1.09. The molecule has 1 aliphatic rings. The zero-order chi connectivity index (χ0) is 14.3. The van der Waals surface area contributed by atoms with Gasteiger partial charge in [0.25, 0.3) is 0 Å². The van der Waals surface area contributed by atoms with Crippen LogP contribution in [0.5, 0.6) is 0 Å². The Morgan fingerprint density at radius 3 is 2.47 bits per heavy atom. The van der Waals surface area contributed by atoms with Crippen LogP contribution in [-0.4, -0.2) is 42.4 Å². The molecule has 19 heavy (non-hydrogen) atoms. The highest BCUT2D eigenvalue weighted by atomic mass is 16.5. The first-order valence-corrected chi connectivity index (χ1v) is 6.81. The third kappa shape index (κ3) is 4.70. The van der Waals surface area contributed by atoms with Gasteiger partial charge in [0, 0.05) is 19.8 Å². The molecule has 0 saturated heterocycles. The average Bonchev–Trinajstić information content (AvgIpc) is 2.37. The molecule has 1 aliphatic carbocycles. The summed E-state index contributed by atoms with van der Waals surface area (Å²) in [7, 11) is 1.61. The second kappa shape index (κ2) is 7.33. The number of carbonyl (C=O) groups excluding carboxylic acids is 1. The minimum atomic E-state index is -1.09. The van der Waals surface area contributed by atoms with E-state index >= 15 is 0 Å². The maximum atomic E-state index is 11.9. The Bertz CT molecular complexity index is 314. The zero-order valence-corrected chi connectivity index (χ0v) is 11.7. The molecule has 0 aromatic heterocycles. The Kier molecular flexibility index (Phi) is 6.08. The largest absolute Gasteiger partial charge is 0.480 e. The van der Waals surface area contributed by atoms with Crippen molar-refractivity contribution in [1.82, 2.24) is 10.6 Å². The van der Waals surface area contributed by atoms with E-state index in [1.807, 2.05) is 6.92 Å². The van der Waals surface area contributed by atoms with Crippen LogP contribution in [-0.2, 0) is 9.53 Å². The summed E-state index contributed by atoms with van der Waals surface area (Å²) in [5.74, 6) is -0.938. The molecular formula is C13H24N2O4. The van der Waals surface area contributed by atoms with Gasteiger partial charge in [0.2, 0.25) is 0 Å². The van der Waals surface area contributed by atoms with Crippen LogP contribution >= 0.6 is 0 Å². The summed E-state index contributed by atoms with van der Waals surface area (Å²) in [6.07, 6.45) is 4.41. The van der Waals surface area contributed by atoms with E-state index in [-0.39, 0.29) is 6.04 Å². The molecule has 6 nitrogen and oxygen atoms in total. The summed E-state index contributed by atoms with van der Waals surface area (Å²) in [4.78, 5) is 23.3. The number of methoxy groups -OCH3 is 1. The number of amides is 2. The quantitative estimate of drug-likeness (QED) is 0.683. The lowest BCUT2D eigenvalue weighted by Crippen LogP contribution is -2.59. The lowest BCUT2D eigenvalue weighted by molar-refractivity contribution is -0.145. The summed E-state index contributed by atoms with van der Waals surface area (Å²) in [6, 6.07) is -0.456. The highest BCUT2D eigenvalue weighted by Crippen LogP contribution is 2.28. The molecule has 0 bridgehead atoms. The van der Waals surface area contributed by atoms with Crippen molar-refractivity contribution in [2.24, 2.45) is 0 Å². The van der Waals surface area contributed by atoms with Gasteiger partial charge in [0.1, 0.15) is 5.54 Å². The van der Waals surface area contributed by atoms with Gasteiger partial charge in [-0.1, -0.05) is 19.3 Å². The van der Waals surface area contributed by atoms with E-state index < -0.39 is 17.5 Å². The van der Waals surface area contributed by atoms with Crippen LogP contribution in [0.3, 0.4) is 0 Å². The first kappa shape index (κ1) is 15.8. The number of carbonyl (C=O) groups is 2. The average molecular weight is 272 g/mol. The first-order valence-electron chi connectivity index (χ1n) is 6.81. The molecule has 1 rings (SSSR count). The van der Waals surface area contributed by atoms with Crippen LogP contribution in [0.15, 0.2) is 0 Å². The smallest absolute Gasteiger partial charge is 0.329 e. The lowest BCUT2D eigenvalue weighted by Gasteiger charge is -2.34. The van der Waals surface area contributed by atoms with Crippen molar-refractivity contribution in [3.05, 3.63) is 0 Å². The molecule has 1 atom stereocenters. The first-order chi connectivity index (χ1) is 9.00. The minimum absolute atomic E-state index is 0.0469. The van der Waals surface area contributed by atoms with Gasteiger partial charge in [0.15, 0.2) is 0 Å². The number of ether oxygens (including phenoxy) is 1. The number of rotatable bonds is 6. The number of hydrogen-bond donors (Lipinski definition) is 3. The molecule has 3 N–H and O–H groups in total.